The zero-order valence-corrected chi connectivity index (χ0v) is 25.5. The summed E-state index contributed by atoms with van der Waals surface area (Å²) in [6, 6.07) is 0. The summed E-state index contributed by atoms with van der Waals surface area (Å²) in [6.07, 6.45) is 1.13. The first kappa shape index (κ1) is 32.4. The highest BCUT2D eigenvalue weighted by atomic mass is 16.6. The first-order chi connectivity index (χ1) is 17.9. The smallest absolute Gasteiger partial charge is 0.303 e. The Hall–Kier alpha value is -2.10. The van der Waals surface area contributed by atoms with Gasteiger partial charge < -0.3 is 25.2 Å². The van der Waals surface area contributed by atoms with Crippen LogP contribution in [0.4, 0.5) is 0 Å². The number of fused-ring (bicyclic) bond motifs is 3. The molecule has 8 atom stereocenters. The van der Waals surface area contributed by atoms with Crippen LogP contribution in [0.1, 0.15) is 101 Å². The normalized spacial score (nSPS) is 37.6. The summed E-state index contributed by atoms with van der Waals surface area (Å²) in [7, 11) is 0. The number of carboxylic acid groups (broad SMARTS) is 1. The molecule has 0 saturated heterocycles. The molecule has 0 heterocycles. The fourth-order valence-electron chi connectivity index (χ4n) is 8.90. The lowest BCUT2D eigenvalue weighted by Crippen LogP contribution is -2.64. The SMILES string of the molecule is CC(=O)OC(C)(C)CCC(=O)[C@](C)(O)[C@H]1[C@H](O)C[C@@]2(C)[C@@H]3CC=C(C(C)(C)O)[C@@H](CC(=O)O)[C@]3(C)C(=O)C[C@]12C. The minimum atomic E-state index is -1.96. The van der Waals surface area contributed by atoms with Crippen molar-refractivity contribution in [3.8, 4) is 0 Å². The van der Waals surface area contributed by atoms with Crippen LogP contribution >= 0.6 is 0 Å². The number of allylic oxidation sites excluding steroid dienone is 1. The molecule has 0 aromatic heterocycles. The maximum absolute atomic E-state index is 14.2. The van der Waals surface area contributed by atoms with Crippen molar-refractivity contribution in [1.29, 1.82) is 0 Å². The number of carbonyl (C=O) groups is 4. The molecule has 2 saturated carbocycles. The van der Waals surface area contributed by atoms with Gasteiger partial charge in [-0.15, -0.1) is 0 Å². The lowest BCUT2D eigenvalue weighted by molar-refractivity contribution is -0.183. The fraction of sp³-hybridized carbons (Fsp3) is 0.806. The van der Waals surface area contributed by atoms with Crippen LogP contribution in [0.5, 0.6) is 0 Å². The molecule has 0 amide bonds. The molecule has 0 aromatic rings. The van der Waals surface area contributed by atoms with Gasteiger partial charge in [-0.3, -0.25) is 19.2 Å². The van der Waals surface area contributed by atoms with Gasteiger partial charge in [0.1, 0.15) is 17.0 Å². The Morgan fingerprint density at radius 1 is 1.05 bits per heavy atom. The molecule has 4 N–H and O–H groups in total. The van der Waals surface area contributed by atoms with Crippen LogP contribution in [-0.4, -0.2) is 66.8 Å². The van der Waals surface area contributed by atoms with Gasteiger partial charge in [-0.25, -0.2) is 0 Å². The maximum Gasteiger partial charge on any atom is 0.303 e. The molecule has 3 rings (SSSR count). The number of Topliss-reactive ketones (excluding diaryl/α,β-unsaturated/α-hetero) is 2. The van der Waals surface area contributed by atoms with E-state index in [1.54, 1.807) is 34.6 Å². The van der Waals surface area contributed by atoms with E-state index in [1.165, 1.54) is 13.8 Å². The number of hydrogen-bond acceptors (Lipinski definition) is 8. The van der Waals surface area contributed by atoms with E-state index in [2.05, 4.69) is 0 Å². The molecular formula is C31H48O9. The highest BCUT2D eigenvalue weighted by Crippen LogP contribution is 2.73. The molecule has 3 aliphatic carbocycles. The first-order valence-electron chi connectivity index (χ1n) is 14.3. The quantitative estimate of drug-likeness (QED) is 0.242. The number of ketones is 2. The third-order valence-corrected chi connectivity index (χ3v) is 10.9. The summed E-state index contributed by atoms with van der Waals surface area (Å²) < 4.78 is 5.29. The third-order valence-electron chi connectivity index (χ3n) is 10.9. The second-order valence-corrected chi connectivity index (χ2v) is 14.5. The van der Waals surface area contributed by atoms with Crippen LogP contribution in [0.2, 0.25) is 0 Å². The molecule has 40 heavy (non-hydrogen) atoms. The average molecular weight is 565 g/mol. The van der Waals surface area contributed by atoms with Crippen molar-refractivity contribution in [2.75, 3.05) is 0 Å². The van der Waals surface area contributed by atoms with E-state index in [9.17, 15) is 39.6 Å². The van der Waals surface area contributed by atoms with Gasteiger partial charge in [-0.2, -0.15) is 0 Å². The number of aliphatic hydroxyl groups excluding tert-OH is 1. The second-order valence-electron chi connectivity index (χ2n) is 14.5. The van der Waals surface area contributed by atoms with Crippen molar-refractivity contribution in [3.63, 3.8) is 0 Å². The number of ether oxygens (including phenoxy) is 1. The first-order valence-corrected chi connectivity index (χ1v) is 14.3. The Morgan fingerprint density at radius 2 is 1.62 bits per heavy atom. The number of aliphatic hydroxyl groups is 3. The fourth-order valence-corrected chi connectivity index (χ4v) is 8.90. The van der Waals surface area contributed by atoms with Crippen LogP contribution < -0.4 is 0 Å². The highest BCUT2D eigenvalue weighted by Gasteiger charge is 2.74. The number of carboxylic acids is 1. The van der Waals surface area contributed by atoms with Gasteiger partial charge in [-0.1, -0.05) is 26.8 Å². The van der Waals surface area contributed by atoms with Crippen molar-refractivity contribution in [2.45, 2.75) is 124 Å². The Labute approximate surface area is 237 Å². The van der Waals surface area contributed by atoms with Crippen molar-refractivity contribution < 1.29 is 44.3 Å². The highest BCUT2D eigenvalue weighted by molar-refractivity contribution is 5.90. The van der Waals surface area contributed by atoms with Gasteiger partial charge >= 0.3 is 11.9 Å². The maximum atomic E-state index is 14.2. The third kappa shape index (κ3) is 5.07. The number of esters is 1. The zero-order valence-electron chi connectivity index (χ0n) is 25.5. The Balaban J connectivity index is 2.04. The Bertz CT molecular complexity index is 1110. The lowest BCUT2D eigenvalue weighted by Gasteiger charge is -2.63. The number of carbonyl (C=O) groups excluding carboxylic acids is 3. The standard InChI is InChI=1S/C31H48O9/c1-17(32)40-26(2,3)13-12-22(34)31(9,39)25-20(33)15-28(6)21-11-10-18(27(4,5)38)19(14-24(36)37)30(21,8)23(35)16-29(25,28)7/h10,19-21,25,33,38-39H,11-16H2,1-9H3,(H,36,37)/t19-,20-,21+,25+,28+,29-,30+,31+/m1/s1. The molecule has 3 aliphatic rings. The van der Waals surface area contributed by atoms with Gasteiger partial charge in [0.05, 0.1) is 18.1 Å². The van der Waals surface area contributed by atoms with Crippen molar-refractivity contribution >= 4 is 23.5 Å². The van der Waals surface area contributed by atoms with Gasteiger partial charge in [-0.05, 0) is 76.2 Å². The Kier molecular flexibility index (Phi) is 8.12. The van der Waals surface area contributed by atoms with Crippen LogP contribution in [0.15, 0.2) is 11.6 Å². The predicted octanol–water partition coefficient (Wildman–Crippen LogP) is 3.61. The van der Waals surface area contributed by atoms with Crippen LogP contribution in [0, 0.1) is 34.0 Å². The second kappa shape index (κ2) is 10.0. The molecule has 0 aromatic carbocycles. The number of rotatable bonds is 9. The number of hydrogen-bond donors (Lipinski definition) is 4. The Morgan fingerprint density at radius 3 is 2.12 bits per heavy atom. The van der Waals surface area contributed by atoms with E-state index >= 15 is 0 Å². The molecule has 0 spiro atoms. The minimum Gasteiger partial charge on any atom is -0.481 e. The number of aliphatic carboxylic acids is 1. The van der Waals surface area contributed by atoms with Gasteiger partial charge in [0, 0.05) is 37.0 Å². The van der Waals surface area contributed by atoms with Gasteiger partial charge in [0.15, 0.2) is 5.78 Å². The van der Waals surface area contributed by atoms with Crippen molar-refractivity contribution in [3.05, 3.63) is 11.6 Å². The topological polar surface area (TPSA) is 158 Å². The van der Waals surface area contributed by atoms with Crippen LogP contribution in [0.25, 0.3) is 0 Å². The molecule has 9 heteroatoms. The molecule has 2 fully saturated rings. The monoisotopic (exact) mass is 564 g/mol. The predicted molar refractivity (Wildman–Crippen MR) is 147 cm³/mol. The van der Waals surface area contributed by atoms with Gasteiger partial charge in [0.25, 0.3) is 0 Å². The van der Waals surface area contributed by atoms with Gasteiger partial charge in [0.2, 0.25) is 0 Å². The van der Waals surface area contributed by atoms with E-state index in [1.807, 2.05) is 19.9 Å². The van der Waals surface area contributed by atoms with E-state index in [0.29, 0.717) is 12.0 Å². The summed E-state index contributed by atoms with van der Waals surface area (Å²) in [5.41, 5.74) is -6.47. The van der Waals surface area contributed by atoms with E-state index in [4.69, 9.17) is 4.74 Å². The molecule has 0 unspecified atom stereocenters. The summed E-state index contributed by atoms with van der Waals surface area (Å²) in [5, 5.41) is 44.0. The molecular weight excluding hydrogens is 516 g/mol. The molecule has 0 aliphatic heterocycles. The lowest BCUT2D eigenvalue weighted by atomic mass is 9.39. The minimum absolute atomic E-state index is 0.0458. The molecule has 0 radical (unpaired) electrons. The summed E-state index contributed by atoms with van der Waals surface area (Å²) in [5.74, 6) is -4.28. The largest absolute Gasteiger partial charge is 0.481 e. The van der Waals surface area contributed by atoms with Crippen molar-refractivity contribution in [1.82, 2.24) is 0 Å². The van der Waals surface area contributed by atoms with Crippen LogP contribution in [0.3, 0.4) is 0 Å². The molecule has 226 valence electrons. The zero-order chi connectivity index (χ0) is 30.9. The summed E-state index contributed by atoms with van der Waals surface area (Å²) >= 11 is 0. The van der Waals surface area contributed by atoms with Crippen LogP contribution in [-0.2, 0) is 23.9 Å². The van der Waals surface area contributed by atoms with E-state index < -0.39 is 68.7 Å². The summed E-state index contributed by atoms with van der Waals surface area (Å²) in [4.78, 5) is 51.2. The summed E-state index contributed by atoms with van der Waals surface area (Å²) in [6.45, 7) is 14.9. The van der Waals surface area contributed by atoms with E-state index in [0.717, 1.165) is 0 Å². The molecule has 0 bridgehead atoms. The van der Waals surface area contributed by atoms with Crippen molar-refractivity contribution in [2.24, 2.45) is 34.0 Å². The van der Waals surface area contributed by atoms with E-state index in [-0.39, 0.29) is 43.8 Å². The molecule has 9 nitrogen and oxygen atoms in total. The average Bonchev–Trinajstić information content (AvgIpc) is 2.96.